The Hall–Kier alpha value is -3.03. The highest BCUT2D eigenvalue weighted by Crippen LogP contribution is 2.29. The van der Waals surface area contributed by atoms with Gasteiger partial charge in [-0.2, -0.15) is 13.2 Å². The number of carbonyl (C=O) groups excluding carboxylic acids is 1. The first-order chi connectivity index (χ1) is 12.9. The van der Waals surface area contributed by atoms with Gasteiger partial charge in [0.2, 0.25) is 0 Å². The summed E-state index contributed by atoms with van der Waals surface area (Å²) in [6, 6.07) is 8.25. The Morgan fingerprint density at radius 3 is 2.56 bits per heavy atom. The van der Waals surface area contributed by atoms with Gasteiger partial charge < -0.3 is 13.9 Å². The SMILES string of the molecule is CCN(Cc1nccn1Cc1ccc(C(F)(F)F)cc1)C(=O)c1ccco1. The molecule has 0 aliphatic rings. The predicted octanol–water partition coefficient (Wildman–Crippen LogP) is 4.21. The van der Waals surface area contributed by atoms with Gasteiger partial charge in [0.15, 0.2) is 5.76 Å². The Morgan fingerprint density at radius 1 is 1.22 bits per heavy atom. The van der Waals surface area contributed by atoms with Crippen LogP contribution in [0.25, 0.3) is 0 Å². The molecule has 27 heavy (non-hydrogen) atoms. The fraction of sp³-hybridized carbons (Fsp3) is 0.263. The number of hydrogen-bond acceptors (Lipinski definition) is 3. The van der Waals surface area contributed by atoms with Crippen molar-refractivity contribution in [2.75, 3.05) is 6.54 Å². The van der Waals surface area contributed by atoms with Crippen LogP contribution >= 0.6 is 0 Å². The maximum absolute atomic E-state index is 12.7. The summed E-state index contributed by atoms with van der Waals surface area (Å²) in [5, 5.41) is 0. The summed E-state index contributed by atoms with van der Waals surface area (Å²) in [6.45, 7) is 2.94. The van der Waals surface area contributed by atoms with Gasteiger partial charge in [-0.3, -0.25) is 4.79 Å². The van der Waals surface area contributed by atoms with Gasteiger partial charge in [-0.1, -0.05) is 12.1 Å². The van der Waals surface area contributed by atoms with E-state index in [9.17, 15) is 18.0 Å². The molecule has 0 saturated carbocycles. The van der Waals surface area contributed by atoms with Crippen molar-refractivity contribution in [2.45, 2.75) is 26.2 Å². The fourth-order valence-electron chi connectivity index (χ4n) is 2.69. The van der Waals surface area contributed by atoms with E-state index in [0.29, 0.717) is 24.5 Å². The van der Waals surface area contributed by atoms with Crippen molar-refractivity contribution in [3.05, 3.63) is 77.8 Å². The van der Waals surface area contributed by atoms with Gasteiger partial charge in [-0.15, -0.1) is 0 Å². The van der Waals surface area contributed by atoms with E-state index in [0.717, 1.165) is 12.1 Å². The molecule has 0 spiro atoms. The summed E-state index contributed by atoms with van der Waals surface area (Å²) >= 11 is 0. The normalized spacial score (nSPS) is 11.6. The molecule has 0 N–H and O–H groups in total. The van der Waals surface area contributed by atoms with Crippen LogP contribution in [-0.2, 0) is 19.3 Å². The van der Waals surface area contributed by atoms with E-state index >= 15 is 0 Å². The predicted molar refractivity (Wildman–Crippen MR) is 91.9 cm³/mol. The molecule has 0 aliphatic carbocycles. The smallest absolute Gasteiger partial charge is 0.416 e. The summed E-state index contributed by atoms with van der Waals surface area (Å²) in [7, 11) is 0. The molecule has 0 atom stereocenters. The maximum Gasteiger partial charge on any atom is 0.416 e. The topological polar surface area (TPSA) is 51.3 Å². The second-order valence-corrected chi connectivity index (χ2v) is 5.96. The van der Waals surface area contributed by atoms with E-state index in [-0.39, 0.29) is 18.2 Å². The summed E-state index contributed by atoms with van der Waals surface area (Å²) < 4.78 is 45.0. The Morgan fingerprint density at radius 2 is 1.96 bits per heavy atom. The van der Waals surface area contributed by atoms with Crippen molar-refractivity contribution in [1.29, 1.82) is 0 Å². The highest BCUT2D eigenvalue weighted by atomic mass is 19.4. The van der Waals surface area contributed by atoms with Crippen molar-refractivity contribution in [3.63, 3.8) is 0 Å². The second-order valence-electron chi connectivity index (χ2n) is 5.96. The molecule has 0 bridgehead atoms. The molecule has 1 amide bonds. The zero-order chi connectivity index (χ0) is 19.4. The van der Waals surface area contributed by atoms with Gasteiger partial charge in [0, 0.05) is 25.5 Å². The summed E-state index contributed by atoms with van der Waals surface area (Å²) in [6.07, 6.45) is 0.419. The number of nitrogens with zero attached hydrogens (tertiary/aromatic N) is 3. The largest absolute Gasteiger partial charge is 0.459 e. The molecule has 0 fully saturated rings. The first-order valence-corrected chi connectivity index (χ1v) is 8.37. The zero-order valence-corrected chi connectivity index (χ0v) is 14.6. The van der Waals surface area contributed by atoms with E-state index in [1.54, 1.807) is 34.0 Å². The number of benzene rings is 1. The highest BCUT2D eigenvalue weighted by Gasteiger charge is 2.30. The van der Waals surface area contributed by atoms with Crippen molar-refractivity contribution in [2.24, 2.45) is 0 Å². The van der Waals surface area contributed by atoms with Crippen LogP contribution in [0.1, 0.15) is 34.4 Å². The molecule has 2 aromatic heterocycles. The summed E-state index contributed by atoms with van der Waals surface area (Å²) in [5.74, 6) is 0.640. The third kappa shape index (κ3) is 4.39. The lowest BCUT2D eigenvalue weighted by molar-refractivity contribution is -0.137. The number of imidazole rings is 1. The number of rotatable bonds is 6. The monoisotopic (exact) mass is 377 g/mol. The first kappa shape index (κ1) is 18.8. The Bertz CT molecular complexity index is 884. The average molecular weight is 377 g/mol. The van der Waals surface area contributed by atoms with E-state index < -0.39 is 11.7 Å². The summed E-state index contributed by atoms with van der Waals surface area (Å²) in [5.41, 5.74) is 0.0287. The number of furan rings is 1. The molecule has 1 aromatic carbocycles. The number of alkyl halides is 3. The lowest BCUT2D eigenvalue weighted by Gasteiger charge is -2.20. The standard InChI is InChI=1S/C19H18F3N3O2/c1-2-24(18(26)16-4-3-11-27-16)13-17-23-9-10-25(17)12-14-5-7-15(8-6-14)19(20,21)22/h3-11H,2,12-13H2,1H3. The van der Waals surface area contributed by atoms with Gasteiger partial charge in [0.1, 0.15) is 5.82 Å². The summed E-state index contributed by atoms with van der Waals surface area (Å²) in [4.78, 5) is 18.3. The molecule has 0 radical (unpaired) electrons. The van der Waals surface area contributed by atoms with Crippen molar-refractivity contribution < 1.29 is 22.4 Å². The van der Waals surface area contributed by atoms with Gasteiger partial charge in [0.25, 0.3) is 5.91 Å². The fourth-order valence-corrected chi connectivity index (χ4v) is 2.69. The third-order valence-corrected chi connectivity index (χ3v) is 4.17. The number of aromatic nitrogens is 2. The molecule has 8 heteroatoms. The van der Waals surface area contributed by atoms with Crippen LogP contribution in [0, 0.1) is 0 Å². The molecule has 3 rings (SSSR count). The molecule has 3 aromatic rings. The molecule has 2 heterocycles. The minimum absolute atomic E-state index is 0.244. The number of carbonyl (C=O) groups is 1. The molecular weight excluding hydrogens is 359 g/mol. The van der Waals surface area contributed by atoms with Gasteiger partial charge in [-0.05, 0) is 36.8 Å². The number of amides is 1. The number of hydrogen-bond donors (Lipinski definition) is 0. The van der Waals surface area contributed by atoms with Crippen LogP contribution in [-0.4, -0.2) is 26.9 Å². The van der Waals surface area contributed by atoms with E-state index in [1.165, 1.54) is 18.4 Å². The van der Waals surface area contributed by atoms with Crippen LogP contribution in [0.2, 0.25) is 0 Å². The average Bonchev–Trinajstić information content (AvgIpc) is 3.31. The molecule has 0 aliphatic heterocycles. The zero-order valence-electron chi connectivity index (χ0n) is 14.6. The van der Waals surface area contributed by atoms with Gasteiger partial charge >= 0.3 is 6.18 Å². The lowest BCUT2D eigenvalue weighted by Crippen LogP contribution is -2.31. The second kappa shape index (κ2) is 7.69. The molecule has 142 valence electrons. The molecular formula is C19H18F3N3O2. The van der Waals surface area contributed by atoms with Crippen LogP contribution in [0.15, 0.2) is 59.5 Å². The van der Waals surface area contributed by atoms with E-state index in [1.807, 2.05) is 6.92 Å². The van der Waals surface area contributed by atoms with E-state index in [2.05, 4.69) is 4.98 Å². The maximum atomic E-state index is 12.7. The van der Waals surface area contributed by atoms with E-state index in [4.69, 9.17) is 4.42 Å². The molecule has 0 unspecified atom stereocenters. The third-order valence-electron chi connectivity index (χ3n) is 4.17. The molecule has 0 saturated heterocycles. The quantitative estimate of drug-likeness (QED) is 0.647. The first-order valence-electron chi connectivity index (χ1n) is 8.37. The van der Waals surface area contributed by atoms with Gasteiger partial charge in [0.05, 0.1) is 18.4 Å². The van der Waals surface area contributed by atoms with Crippen LogP contribution in [0.4, 0.5) is 13.2 Å². The van der Waals surface area contributed by atoms with Crippen LogP contribution in [0.5, 0.6) is 0 Å². The molecule has 5 nitrogen and oxygen atoms in total. The Balaban J connectivity index is 1.73. The van der Waals surface area contributed by atoms with Crippen LogP contribution < -0.4 is 0 Å². The van der Waals surface area contributed by atoms with Crippen molar-refractivity contribution >= 4 is 5.91 Å². The van der Waals surface area contributed by atoms with Crippen molar-refractivity contribution in [3.8, 4) is 0 Å². The van der Waals surface area contributed by atoms with Crippen LogP contribution in [0.3, 0.4) is 0 Å². The number of halogens is 3. The lowest BCUT2D eigenvalue weighted by atomic mass is 10.1. The minimum atomic E-state index is -4.35. The Kier molecular flexibility index (Phi) is 5.34. The Labute approximate surface area is 154 Å². The highest BCUT2D eigenvalue weighted by molar-refractivity contribution is 5.91. The van der Waals surface area contributed by atoms with Crippen molar-refractivity contribution in [1.82, 2.24) is 14.5 Å². The minimum Gasteiger partial charge on any atom is -0.459 e. The van der Waals surface area contributed by atoms with Gasteiger partial charge in [-0.25, -0.2) is 4.98 Å².